The Labute approximate surface area is 131 Å². The highest BCUT2D eigenvalue weighted by molar-refractivity contribution is 5.89. The summed E-state index contributed by atoms with van der Waals surface area (Å²) in [6, 6.07) is 13.1. The SMILES string of the molecule is COC(=O)c1cc(Cn2ccc(=O)c3ccccc32)ccc1F. The molecule has 116 valence electrons. The summed E-state index contributed by atoms with van der Waals surface area (Å²) in [5, 5.41) is 0.616. The van der Waals surface area contributed by atoms with Crippen LogP contribution in [-0.4, -0.2) is 17.6 Å². The van der Waals surface area contributed by atoms with Gasteiger partial charge in [0.05, 0.1) is 18.2 Å². The number of ether oxygens (including phenoxy) is 1. The number of benzene rings is 2. The van der Waals surface area contributed by atoms with Crippen LogP contribution in [0.5, 0.6) is 0 Å². The van der Waals surface area contributed by atoms with Crippen molar-refractivity contribution in [3.63, 3.8) is 0 Å². The van der Waals surface area contributed by atoms with E-state index in [9.17, 15) is 14.0 Å². The van der Waals surface area contributed by atoms with Crippen molar-refractivity contribution < 1.29 is 13.9 Å². The Kier molecular flexibility index (Phi) is 3.93. The van der Waals surface area contributed by atoms with E-state index in [1.165, 1.54) is 25.3 Å². The molecule has 1 heterocycles. The molecule has 1 aromatic heterocycles. The predicted molar refractivity (Wildman–Crippen MR) is 85.0 cm³/mol. The number of aromatic nitrogens is 1. The third-order valence-electron chi connectivity index (χ3n) is 3.67. The summed E-state index contributed by atoms with van der Waals surface area (Å²) >= 11 is 0. The highest BCUT2D eigenvalue weighted by Gasteiger charge is 2.13. The minimum absolute atomic E-state index is 0.0498. The summed E-state index contributed by atoms with van der Waals surface area (Å²) in [4.78, 5) is 23.5. The van der Waals surface area contributed by atoms with E-state index in [2.05, 4.69) is 4.74 Å². The van der Waals surface area contributed by atoms with Crippen molar-refractivity contribution in [3.05, 3.63) is 81.9 Å². The van der Waals surface area contributed by atoms with Crippen LogP contribution in [-0.2, 0) is 11.3 Å². The number of nitrogens with zero attached hydrogens (tertiary/aromatic N) is 1. The smallest absolute Gasteiger partial charge is 0.340 e. The van der Waals surface area contributed by atoms with E-state index in [1.807, 2.05) is 16.7 Å². The first-order chi connectivity index (χ1) is 11.1. The lowest BCUT2D eigenvalue weighted by Crippen LogP contribution is -2.10. The van der Waals surface area contributed by atoms with E-state index in [1.54, 1.807) is 24.4 Å². The molecule has 0 fully saturated rings. The number of hydrogen-bond acceptors (Lipinski definition) is 3. The normalized spacial score (nSPS) is 10.7. The van der Waals surface area contributed by atoms with Crippen molar-refractivity contribution in [3.8, 4) is 0 Å². The zero-order valence-corrected chi connectivity index (χ0v) is 12.5. The lowest BCUT2D eigenvalue weighted by atomic mass is 10.1. The first-order valence-electron chi connectivity index (χ1n) is 7.05. The number of rotatable bonds is 3. The fourth-order valence-corrected chi connectivity index (χ4v) is 2.53. The Bertz CT molecular complexity index is 946. The summed E-state index contributed by atoms with van der Waals surface area (Å²) in [6.45, 7) is 0.408. The maximum atomic E-state index is 13.7. The molecule has 0 spiro atoms. The molecule has 3 rings (SSSR count). The minimum Gasteiger partial charge on any atom is -0.465 e. The van der Waals surface area contributed by atoms with Gasteiger partial charge in [0.25, 0.3) is 0 Å². The zero-order chi connectivity index (χ0) is 16.4. The molecule has 0 aliphatic carbocycles. The second-order valence-corrected chi connectivity index (χ2v) is 5.13. The molecule has 0 atom stereocenters. The molecule has 0 bridgehead atoms. The van der Waals surface area contributed by atoms with Gasteiger partial charge < -0.3 is 9.30 Å². The molecule has 0 saturated carbocycles. The van der Waals surface area contributed by atoms with Gasteiger partial charge in [0.15, 0.2) is 5.43 Å². The Morgan fingerprint density at radius 1 is 1.17 bits per heavy atom. The Balaban J connectivity index is 2.05. The molecule has 0 saturated heterocycles. The minimum atomic E-state index is -0.714. The highest BCUT2D eigenvalue weighted by Crippen LogP contribution is 2.16. The molecule has 0 amide bonds. The van der Waals surface area contributed by atoms with Crippen LogP contribution in [0.4, 0.5) is 4.39 Å². The summed E-state index contributed by atoms with van der Waals surface area (Å²) < 4.78 is 20.2. The van der Waals surface area contributed by atoms with Crippen LogP contribution in [0.1, 0.15) is 15.9 Å². The molecular formula is C18H14FNO3. The van der Waals surface area contributed by atoms with Gasteiger partial charge in [-0.2, -0.15) is 0 Å². The molecular weight excluding hydrogens is 297 g/mol. The molecule has 23 heavy (non-hydrogen) atoms. The Hall–Kier alpha value is -2.95. The number of para-hydroxylation sites is 1. The lowest BCUT2D eigenvalue weighted by molar-refractivity contribution is 0.0595. The number of hydrogen-bond donors (Lipinski definition) is 0. The van der Waals surface area contributed by atoms with Crippen LogP contribution in [0, 0.1) is 5.82 Å². The van der Waals surface area contributed by atoms with Crippen LogP contribution in [0.2, 0.25) is 0 Å². The number of fused-ring (bicyclic) bond motifs is 1. The number of esters is 1. The first kappa shape index (κ1) is 15.0. The average molecular weight is 311 g/mol. The van der Waals surface area contributed by atoms with Crippen LogP contribution >= 0.6 is 0 Å². The third-order valence-corrected chi connectivity index (χ3v) is 3.67. The van der Waals surface area contributed by atoms with Gasteiger partial charge in [0.2, 0.25) is 0 Å². The van der Waals surface area contributed by atoms with E-state index >= 15 is 0 Å². The van der Waals surface area contributed by atoms with Crippen molar-refractivity contribution in [2.24, 2.45) is 0 Å². The van der Waals surface area contributed by atoms with Gasteiger partial charge in [0.1, 0.15) is 5.82 Å². The number of pyridine rings is 1. The van der Waals surface area contributed by atoms with Gasteiger partial charge in [-0.15, -0.1) is 0 Å². The Morgan fingerprint density at radius 2 is 1.96 bits per heavy atom. The van der Waals surface area contributed by atoms with E-state index in [0.717, 1.165) is 11.1 Å². The van der Waals surface area contributed by atoms with Gasteiger partial charge in [-0.3, -0.25) is 4.79 Å². The van der Waals surface area contributed by atoms with Gasteiger partial charge in [0, 0.05) is 24.2 Å². The van der Waals surface area contributed by atoms with Crippen molar-refractivity contribution >= 4 is 16.9 Å². The zero-order valence-electron chi connectivity index (χ0n) is 12.5. The van der Waals surface area contributed by atoms with E-state index in [0.29, 0.717) is 11.9 Å². The molecule has 3 aromatic rings. The molecule has 0 radical (unpaired) electrons. The quantitative estimate of drug-likeness (QED) is 0.699. The molecule has 5 heteroatoms. The second kappa shape index (κ2) is 6.04. The van der Waals surface area contributed by atoms with Gasteiger partial charge in [-0.25, -0.2) is 9.18 Å². The number of carbonyl (C=O) groups excluding carboxylic acids is 1. The largest absolute Gasteiger partial charge is 0.465 e. The van der Waals surface area contributed by atoms with Crippen LogP contribution in [0.25, 0.3) is 10.9 Å². The highest BCUT2D eigenvalue weighted by atomic mass is 19.1. The summed E-state index contributed by atoms with van der Waals surface area (Å²) in [7, 11) is 1.21. The number of methoxy groups -OCH3 is 1. The molecule has 0 unspecified atom stereocenters. The van der Waals surface area contributed by atoms with Crippen molar-refractivity contribution in [1.82, 2.24) is 4.57 Å². The molecule has 0 aliphatic heterocycles. The van der Waals surface area contributed by atoms with E-state index in [4.69, 9.17) is 0 Å². The fourth-order valence-electron chi connectivity index (χ4n) is 2.53. The molecule has 0 aliphatic rings. The predicted octanol–water partition coefficient (Wildman–Crippen LogP) is 2.98. The van der Waals surface area contributed by atoms with E-state index in [-0.39, 0.29) is 11.0 Å². The van der Waals surface area contributed by atoms with Crippen molar-refractivity contribution in [1.29, 1.82) is 0 Å². The van der Waals surface area contributed by atoms with Gasteiger partial charge >= 0.3 is 5.97 Å². The van der Waals surface area contributed by atoms with E-state index < -0.39 is 11.8 Å². The molecule has 4 nitrogen and oxygen atoms in total. The standard InChI is InChI=1S/C18H14FNO3/c1-23-18(22)14-10-12(6-7-15(14)19)11-20-9-8-17(21)13-4-2-3-5-16(13)20/h2-10H,11H2,1H3. The van der Waals surface area contributed by atoms with Crippen LogP contribution in [0.3, 0.4) is 0 Å². The fraction of sp³-hybridized carbons (Fsp3) is 0.111. The van der Waals surface area contributed by atoms with Crippen molar-refractivity contribution in [2.75, 3.05) is 7.11 Å². The maximum absolute atomic E-state index is 13.7. The number of carbonyl (C=O) groups is 1. The summed E-state index contributed by atoms with van der Waals surface area (Å²) in [5.41, 5.74) is 1.37. The average Bonchev–Trinajstić information content (AvgIpc) is 2.58. The lowest BCUT2D eigenvalue weighted by Gasteiger charge is -2.11. The van der Waals surface area contributed by atoms with Crippen LogP contribution in [0.15, 0.2) is 59.5 Å². The maximum Gasteiger partial charge on any atom is 0.340 e. The Morgan fingerprint density at radius 3 is 2.74 bits per heavy atom. The molecule has 0 N–H and O–H groups in total. The first-order valence-corrected chi connectivity index (χ1v) is 7.05. The van der Waals surface area contributed by atoms with Crippen molar-refractivity contribution in [2.45, 2.75) is 6.54 Å². The topological polar surface area (TPSA) is 48.3 Å². The van der Waals surface area contributed by atoms with Gasteiger partial charge in [-0.1, -0.05) is 18.2 Å². The second-order valence-electron chi connectivity index (χ2n) is 5.13. The number of halogens is 1. The summed E-state index contributed by atoms with van der Waals surface area (Å²) in [6.07, 6.45) is 1.69. The van der Waals surface area contributed by atoms with Crippen LogP contribution < -0.4 is 5.43 Å². The molecule has 2 aromatic carbocycles. The third kappa shape index (κ3) is 2.85. The monoisotopic (exact) mass is 311 g/mol. The summed E-state index contributed by atoms with van der Waals surface area (Å²) in [5.74, 6) is -1.33. The van der Waals surface area contributed by atoms with Gasteiger partial charge in [-0.05, 0) is 29.8 Å².